The Labute approximate surface area is 369 Å². The standard InChI is InChI=1S/C46H50F3N7O7S/c1-29-20-33(46(47,48)49)4-7-37(29)39-24-45(2,3)13-10-32(39)27-54-15-17-55(18-16-54)34-5-8-38(42(22-34)63-35-21-31-11-14-50-43(31)52-26-35)44(57)53-64(60,61)36-6-9-40(41(23-36)56(58)59)51-25-30-12-19-62-28-30/h4-9,11,14,20-23,26,30,51H,10,12-13,15-19,24-25,27-28H2,1-3H3,(H,50,52)(H,53,57)/t30-/m1/s1. The highest BCUT2D eigenvalue weighted by atomic mass is 32.2. The van der Waals surface area contributed by atoms with E-state index in [1.165, 1.54) is 42.1 Å². The number of aromatic amines is 1. The SMILES string of the molecule is Cc1cc(C(F)(F)F)ccc1C1=C(CN2CCN(c3ccc(C(=O)NS(=O)(=O)c4ccc(NC[C@H]5CCOC5)c([N+](=O)[O-])c4)c(Oc4cnc5[nH]ccc5c4)c3)CC2)CCC(C)(C)C1. The van der Waals surface area contributed by atoms with E-state index in [2.05, 4.69) is 43.7 Å². The second kappa shape index (κ2) is 17.9. The molecule has 18 heteroatoms. The number of nitro groups is 1. The van der Waals surface area contributed by atoms with Crippen LogP contribution in [0.5, 0.6) is 11.5 Å². The van der Waals surface area contributed by atoms with Gasteiger partial charge < -0.3 is 24.7 Å². The summed E-state index contributed by atoms with van der Waals surface area (Å²) in [6, 6.07) is 15.9. The number of aryl methyl sites for hydroxylation is 1. The molecule has 5 aromatic rings. The molecular weight excluding hydrogens is 852 g/mol. The Kier molecular flexibility index (Phi) is 12.5. The van der Waals surface area contributed by atoms with Gasteiger partial charge in [0.25, 0.3) is 21.6 Å². The molecule has 0 radical (unpaired) electrons. The van der Waals surface area contributed by atoms with Crippen LogP contribution in [0.25, 0.3) is 16.6 Å². The number of halogens is 3. The molecule has 8 rings (SSSR count). The molecule has 1 amide bonds. The van der Waals surface area contributed by atoms with Gasteiger partial charge in [0.1, 0.15) is 22.8 Å². The van der Waals surface area contributed by atoms with Gasteiger partial charge in [-0.05, 0) is 103 Å². The molecule has 0 spiro atoms. The van der Waals surface area contributed by atoms with Crippen LogP contribution in [0.15, 0.2) is 89.6 Å². The smallest absolute Gasteiger partial charge is 0.416 e. The number of nitrogens with one attached hydrogen (secondary N) is 3. The van der Waals surface area contributed by atoms with E-state index in [1.54, 1.807) is 37.4 Å². The van der Waals surface area contributed by atoms with Gasteiger partial charge in [-0.2, -0.15) is 13.2 Å². The van der Waals surface area contributed by atoms with Gasteiger partial charge in [-0.1, -0.05) is 25.5 Å². The minimum Gasteiger partial charge on any atom is -0.455 e. The lowest BCUT2D eigenvalue weighted by atomic mass is 9.72. The quantitative estimate of drug-likeness (QED) is 0.0761. The van der Waals surface area contributed by atoms with E-state index in [4.69, 9.17) is 9.47 Å². The van der Waals surface area contributed by atoms with Gasteiger partial charge in [0, 0.05) is 81.2 Å². The van der Waals surface area contributed by atoms with Crippen LogP contribution in [-0.4, -0.2) is 86.6 Å². The van der Waals surface area contributed by atoms with Crippen molar-refractivity contribution < 1.29 is 40.8 Å². The van der Waals surface area contributed by atoms with Crippen molar-refractivity contribution in [3.8, 4) is 11.5 Å². The highest BCUT2D eigenvalue weighted by molar-refractivity contribution is 7.90. The summed E-state index contributed by atoms with van der Waals surface area (Å²) in [5.74, 6) is -0.470. The highest BCUT2D eigenvalue weighted by Crippen LogP contribution is 2.45. The number of fused-ring (bicyclic) bond motifs is 1. The first-order valence-electron chi connectivity index (χ1n) is 21.2. The molecule has 0 unspecified atom stereocenters. The predicted octanol–water partition coefficient (Wildman–Crippen LogP) is 8.94. The summed E-state index contributed by atoms with van der Waals surface area (Å²) >= 11 is 0. The highest BCUT2D eigenvalue weighted by Gasteiger charge is 2.34. The monoisotopic (exact) mass is 901 g/mol. The first-order chi connectivity index (χ1) is 30.4. The number of allylic oxidation sites excluding steroid dienone is 1. The maximum absolute atomic E-state index is 13.9. The molecule has 338 valence electrons. The minimum absolute atomic E-state index is 0.0118. The van der Waals surface area contributed by atoms with E-state index >= 15 is 0 Å². The molecular formula is C46H50F3N7O7S. The number of carbonyl (C=O) groups is 1. The van der Waals surface area contributed by atoms with Gasteiger partial charge >= 0.3 is 6.18 Å². The fraction of sp³-hybridized carbons (Fsp3) is 0.391. The van der Waals surface area contributed by atoms with E-state index in [0.29, 0.717) is 69.4 Å². The number of nitrogens with zero attached hydrogens (tertiary/aromatic N) is 4. The van der Waals surface area contributed by atoms with Crippen LogP contribution in [0.1, 0.15) is 66.6 Å². The van der Waals surface area contributed by atoms with Crippen LogP contribution >= 0.6 is 0 Å². The molecule has 2 fully saturated rings. The molecule has 2 saturated heterocycles. The van der Waals surface area contributed by atoms with Crippen LogP contribution in [0.4, 0.5) is 30.2 Å². The predicted molar refractivity (Wildman–Crippen MR) is 237 cm³/mol. The largest absolute Gasteiger partial charge is 0.455 e. The number of H-pyrrole nitrogens is 1. The molecule has 2 aromatic heterocycles. The van der Waals surface area contributed by atoms with Crippen molar-refractivity contribution in [3.05, 3.63) is 117 Å². The molecule has 1 aliphatic carbocycles. The lowest BCUT2D eigenvalue weighted by Gasteiger charge is -2.39. The van der Waals surface area contributed by atoms with Crippen LogP contribution in [0.2, 0.25) is 0 Å². The number of nitro benzene ring substituents is 1. The van der Waals surface area contributed by atoms with E-state index in [0.717, 1.165) is 54.0 Å². The number of aromatic nitrogens is 2. The van der Waals surface area contributed by atoms with Crippen molar-refractivity contribution in [1.82, 2.24) is 19.6 Å². The van der Waals surface area contributed by atoms with E-state index < -0.39 is 43.2 Å². The number of carbonyl (C=O) groups excluding carboxylic acids is 1. The van der Waals surface area contributed by atoms with E-state index in [9.17, 15) is 36.5 Å². The van der Waals surface area contributed by atoms with Crippen molar-refractivity contribution in [2.75, 3.05) is 62.7 Å². The maximum atomic E-state index is 13.9. The molecule has 1 atom stereocenters. The summed E-state index contributed by atoms with van der Waals surface area (Å²) in [4.78, 5) is 36.7. The summed E-state index contributed by atoms with van der Waals surface area (Å²) in [6.07, 6.45) is 2.20. The number of pyridine rings is 1. The van der Waals surface area contributed by atoms with Crippen molar-refractivity contribution in [1.29, 1.82) is 0 Å². The summed E-state index contributed by atoms with van der Waals surface area (Å²) in [5, 5.41) is 15.8. The Bertz CT molecular complexity index is 2720. The van der Waals surface area contributed by atoms with Crippen molar-refractivity contribution in [2.24, 2.45) is 11.3 Å². The number of amides is 1. The second-order valence-corrected chi connectivity index (χ2v) is 19.2. The Morgan fingerprint density at radius 2 is 1.86 bits per heavy atom. The van der Waals surface area contributed by atoms with Crippen LogP contribution in [0, 0.1) is 28.4 Å². The third-order valence-corrected chi connectivity index (χ3v) is 13.7. The number of anilines is 2. The number of benzene rings is 3. The molecule has 64 heavy (non-hydrogen) atoms. The molecule has 2 aliphatic heterocycles. The molecule has 14 nitrogen and oxygen atoms in total. The van der Waals surface area contributed by atoms with Gasteiger partial charge in [-0.3, -0.25) is 19.8 Å². The molecule has 3 aromatic carbocycles. The van der Waals surface area contributed by atoms with Gasteiger partial charge in [-0.15, -0.1) is 0 Å². The number of sulfonamides is 1. The second-order valence-electron chi connectivity index (χ2n) is 17.6. The number of hydrogen-bond acceptors (Lipinski definition) is 11. The van der Waals surface area contributed by atoms with Gasteiger partial charge in [-0.25, -0.2) is 18.1 Å². The zero-order valence-electron chi connectivity index (χ0n) is 35.8. The summed E-state index contributed by atoms with van der Waals surface area (Å²) < 4.78 is 81.6. The minimum atomic E-state index is -4.60. The van der Waals surface area contributed by atoms with E-state index in [-0.39, 0.29) is 28.3 Å². The first-order valence-corrected chi connectivity index (χ1v) is 22.7. The van der Waals surface area contributed by atoms with Crippen molar-refractivity contribution in [2.45, 2.75) is 57.5 Å². The summed E-state index contributed by atoms with van der Waals surface area (Å²) in [5.41, 5.74) is 4.14. The van der Waals surface area contributed by atoms with Gasteiger partial charge in [0.2, 0.25) is 0 Å². The van der Waals surface area contributed by atoms with E-state index in [1.807, 2.05) is 6.07 Å². The third-order valence-electron chi connectivity index (χ3n) is 12.3. The molecule has 0 saturated carbocycles. The Balaban J connectivity index is 1.01. The zero-order valence-corrected chi connectivity index (χ0v) is 36.6. The number of alkyl halides is 3. The molecule has 3 aliphatic rings. The third kappa shape index (κ3) is 10.0. The lowest BCUT2D eigenvalue weighted by molar-refractivity contribution is -0.384. The summed E-state index contributed by atoms with van der Waals surface area (Å²) in [6.45, 7) is 11.0. The fourth-order valence-electron chi connectivity index (χ4n) is 8.70. The Morgan fingerprint density at radius 1 is 1.06 bits per heavy atom. The van der Waals surface area contributed by atoms with Crippen LogP contribution in [0.3, 0.4) is 0 Å². The molecule has 3 N–H and O–H groups in total. The van der Waals surface area contributed by atoms with Crippen LogP contribution in [-0.2, 0) is 20.9 Å². The lowest BCUT2D eigenvalue weighted by Crippen LogP contribution is -2.47. The van der Waals surface area contributed by atoms with Gasteiger partial charge in [0.05, 0.1) is 33.7 Å². The number of hydrogen-bond donors (Lipinski definition) is 3. The summed E-state index contributed by atoms with van der Waals surface area (Å²) in [7, 11) is -4.60. The number of ether oxygens (including phenoxy) is 2. The van der Waals surface area contributed by atoms with Gasteiger partial charge in [0.15, 0.2) is 0 Å². The topological polar surface area (TPSA) is 172 Å². The maximum Gasteiger partial charge on any atom is 0.416 e. The Hall–Kier alpha value is -5.98. The molecule has 4 heterocycles. The number of rotatable bonds is 13. The van der Waals surface area contributed by atoms with Crippen LogP contribution < -0.4 is 19.7 Å². The fourth-order valence-corrected chi connectivity index (χ4v) is 9.69. The average Bonchev–Trinajstić information content (AvgIpc) is 3.96. The number of piperazine rings is 1. The normalized spacial score (nSPS) is 18.3. The Morgan fingerprint density at radius 3 is 2.58 bits per heavy atom. The zero-order chi connectivity index (χ0) is 45.4. The molecule has 0 bridgehead atoms. The van der Waals surface area contributed by atoms with Crippen molar-refractivity contribution in [3.63, 3.8) is 0 Å². The van der Waals surface area contributed by atoms with Crippen molar-refractivity contribution >= 4 is 49.6 Å². The first kappa shape index (κ1) is 44.6. The average molecular weight is 902 g/mol.